The van der Waals surface area contributed by atoms with E-state index in [4.69, 9.17) is 11.6 Å². The summed E-state index contributed by atoms with van der Waals surface area (Å²) in [7, 11) is 0. The second-order valence-corrected chi connectivity index (χ2v) is 6.93. The molecule has 1 amide bonds. The van der Waals surface area contributed by atoms with Crippen LogP contribution in [0.4, 0.5) is 4.39 Å². The number of likely N-dealkylation sites (tertiary alicyclic amines) is 1. The predicted molar refractivity (Wildman–Crippen MR) is 98.8 cm³/mol. The highest BCUT2D eigenvalue weighted by Crippen LogP contribution is 2.23. The lowest BCUT2D eigenvalue weighted by Gasteiger charge is -2.31. The molecule has 1 fully saturated rings. The van der Waals surface area contributed by atoms with Crippen LogP contribution in [0, 0.1) is 5.82 Å². The first kappa shape index (κ1) is 17.6. The van der Waals surface area contributed by atoms with E-state index in [-0.39, 0.29) is 17.8 Å². The third-order valence-corrected chi connectivity index (χ3v) is 4.88. The van der Waals surface area contributed by atoms with E-state index >= 15 is 0 Å². The van der Waals surface area contributed by atoms with Gasteiger partial charge in [-0.05, 0) is 66.6 Å². The van der Waals surface area contributed by atoms with E-state index in [1.807, 2.05) is 12.1 Å². The highest BCUT2D eigenvalue weighted by molar-refractivity contribution is 6.30. The fourth-order valence-corrected chi connectivity index (χ4v) is 3.32. The second-order valence-electron chi connectivity index (χ2n) is 6.49. The van der Waals surface area contributed by atoms with Crippen molar-refractivity contribution in [3.63, 3.8) is 0 Å². The summed E-state index contributed by atoms with van der Waals surface area (Å²) in [5, 5.41) is 13.4. The summed E-state index contributed by atoms with van der Waals surface area (Å²) in [6.07, 6.45) is 1.71. The summed E-state index contributed by atoms with van der Waals surface area (Å²) in [6, 6.07) is 12.8. The molecule has 1 saturated heterocycles. The Bertz CT molecular complexity index is 941. The van der Waals surface area contributed by atoms with Gasteiger partial charge < -0.3 is 4.90 Å². The lowest BCUT2D eigenvalue weighted by Crippen LogP contribution is -2.41. The molecular weight excluding hydrogens is 369 g/mol. The van der Waals surface area contributed by atoms with Gasteiger partial charge in [0.05, 0.1) is 6.04 Å². The molecule has 0 spiro atoms. The molecule has 8 heteroatoms. The van der Waals surface area contributed by atoms with Crippen LogP contribution in [0.3, 0.4) is 0 Å². The fourth-order valence-electron chi connectivity index (χ4n) is 3.20. The van der Waals surface area contributed by atoms with Gasteiger partial charge in [-0.15, -0.1) is 10.2 Å². The van der Waals surface area contributed by atoms with Crippen LogP contribution in [0.5, 0.6) is 0 Å². The van der Waals surface area contributed by atoms with E-state index in [0.29, 0.717) is 29.5 Å². The number of carbonyl (C=O) groups excluding carboxylic acids is 1. The average molecular weight is 386 g/mol. The van der Waals surface area contributed by atoms with Crippen LogP contribution in [-0.2, 0) is 0 Å². The molecular formula is C19H17ClFN5O. The number of hydrogen-bond acceptors (Lipinski definition) is 4. The van der Waals surface area contributed by atoms with Gasteiger partial charge in [-0.2, -0.15) is 4.80 Å². The molecule has 1 aliphatic heterocycles. The Morgan fingerprint density at radius 2 is 1.85 bits per heavy atom. The first-order chi connectivity index (χ1) is 13.1. The number of benzene rings is 2. The van der Waals surface area contributed by atoms with Crippen LogP contribution in [0.1, 0.15) is 29.2 Å². The maximum Gasteiger partial charge on any atom is 0.253 e. The van der Waals surface area contributed by atoms with Gasteiger partial charge in [-0.3, -0.25) is 4.79 Å². The monoisotopic (exact) mass is 385 g/mol. The third-order valence-electron chi connectivity index (χ3n) is 4.63. The van der Waals surface area contributed by atoms with Crippen LogP contribution in [0.25, 0.3) is 11.4 Å². The van der Waals surface area contributed by atoms with Gasteiger partial charge in [0.2, 0.25) is 5.82 Å². The second kappa shape index (κ2) is 7.44. The zero-order valence-electron chi connectivity index (χ0n) is 14.4. The van der Waals surface area contributed by atoms with Crippen molar-refractivity contribution in [2.24, 2.45) is 0 Å². The van der Waals surface area contributed by atoms with Crippen LogP contribution in [0.2, 0.25) is 5.02 Å². The van der Waals surface area contributed by atoms with Crippen LogP contribution in [-0.4, -0.2) is 44.1 Å². The van der Waals surface area contributed by atoms with Crippen molar-refractivity contribution in [2.75, 3.05) is 13.1 Å². The lowest BCUT2D eigenvalue weighted by atomic mass is 10.0. The number of tetrazole rings is 1. The molecule has 138 valence electrons. The first-order valence-corrected chi connectivity index (χ1v) is 9.08. The summed E-state index contributed by atoms with van der Waals surface area (Å²) in [5.41, 5.74) is 1.31. The Hall–Kier alpha value is -2.80. The molecule has 1 aromatic heterocycles. The molecule has 27 heavy (non-hydrogen) atoms. The molecule has 0 bridgehead atoms. The average Bonchev–Trinajstić information content (AvgIpc) is 3.19. The number of amides is 1. The summed E-state index contributed by atoms with van der Waals surface area (Å²) < 4.78 is 13.1. The maximum atomic E-state index is 13.1. The zero-order valence-corrected chi connectivity index (χ0v) is 15.2. The number of hydrogen-bond donors (Lipinski definition) is 0. The van der Waals surface area contributed by atoms with Crippen LogP contribution < -0.4 is 0 Å². The Morgan fingerprint density at radius 3 is 2.59 bits per heavy atom. The van der Waals surface area contributed by atoms with Gasteiger partial charge in [0.15, 0.2) is 0 Å². The molecule has 0 aliphatic carbocycles. The van der Waals surface area contributed by atoms with Crippen molar-refractivity contribution in [3.8, 4) is 11.4 Å². The molecule has 2 heterocycles. The van der Waals surface area contributed by atoms with Crippen LogP contribution >= 0.6 is 11.6 Å². The van der Waals surface area contributed by atoms with Gasteiger partial charge in [-0.1, -0.05) is 11.6 Å². The molecule has 4 rings (SSSR count). The third kappa shape index (κ3) is 3.83. The molecule has 0 radical (unpaired) electrons. The van der Waals surface area contributed by atoms with E-state index in [2.05, 4.69) is 15.4 Å². The van der Waals surface area contributed by atoms with Crippen molar-refractivity contribution in [3.05, 3.63) is 64.9 Å². The minimum atomic E-state index is -0.357. The number of rotatable bonds is 3. The summed E-state index contributed by atoms with van der Waals surface area (Å²) >= 11 is 5.91. The molecule has 6 nitrogen and oxygen atoms in total. The Kier molecular flexibility index (Phi) is 4.85. The van der Waals surface area contributed by atoms with Gasteiger partial charge in [-0.25, -0.2) is 4.39 Å². The Balaban J connectivity index is 1.49. The van der Waals surface area contributed by atoms with Crippen molar-refractivity contribution in [2.45, 2.75) is 18.9 Å². The molecule has 1 atom stereocenters. The van der Waals surface area contributed by atoms with Gasteiger partial charge in [0.25, 0.3) is 5.91 Å². The Morgan fingerprint density at radius 1 is 1.11 bits per heavy atom. The van der Waals surface area contributed by atoms with Gasteiger partial charge in [0.1, 0.15) is 5.82 Å². The number of carbonyl (C=O) groups is 1. The molecule has 0 N–H and O–H groups in total. The fraction of sp³-hybridized carbons (Fsp3) is 0.263. The topological polar surface area (TPSA) is 63.9 Å². The first-order valence-electron chi connectivity index (χ1n) is 8.70. The SMILES string of the molecule is O=C(c1ccc(F)cc1)N1CCCC(n2nnc(-c3ccc(Cl)cc3)n2)C1. The largest absolute Gasteiger partial charge is 0.336 e. The van der Waals surface area contributed by atoms with E-state index in [0.717, 1.165) is 18.4 Å². The van der Waals surface area contributed by atoms with Crippen molar-refractivity contribution in [1.29, 1.82) is 0 Å². The molecule has 0 saturated carbocycles. The zero-order chi connectivity index (χ0) is 18.8. The van der Waals surface area contributed by atoms with E-state index in [9.17, 15) is 9.18 Å². The minimum Gasteiger partial charge on any atom is -0.336 e. The standard InChI is InChI=1S/C19H17ClFN5O/c20-15-7-3-13(4-8-15)18-22-24-26(23-18)17-2-1-11-25(12-17)19(27)14-5-9-16(21)10-6-14/h3-10,17H,1-2,11-12H2. The van der Waals surface area contributed by atoms with Crippen molar-refractivity contribution >= 4 is 17.5 Å². The van der Waals surface area contributed by atoms with Gasteiger partial charge in [0, 0.05) is 29.2 Å². The van der Waals surface area contributed by atoms with E-state index in [1.165, 1.54) is 24.3 Å². The van der Waals surface area contributed by atoms with E-state index in [1.54, 1.807) is 21.8 Å². The van der Waals surface area contributed by atoms with E-state index < -0.39 is 0 Å². The number of nitrogens with zero attached hydrogens (tertiary/aromatic N) is 5. The molecule has 1 unspecified atom stereocenters. The van der Waals surface area contributed by atoms with Crippen molar-refractivity contribution in [1.82, 2.24) is 25.1 Å². The number of aromatic nitrogens is 4. The molecule has 3 aromatic rings. The van der Waals surface area contributed by atoms with Gasteiger partial charge >= 0.3 is 0 Å². The maximum absolute atomic E-state index is 13.1. The molecule has 2 aromatic carbocycles. The predicted octanol–water partition coefficient (Wildman–Crippen LogP) is 3.61. The van der Waals surface area contributed by atoms with Crippen molar-refractivity contribution < 1.29 is 9.18 Å². The normalized spacial score (nSPS) is 17.1. The lowest BCUT2D eigenvalue weighted by molar-refractivity contribution is 0.0663. The summed E-state index contributed by atoms with van der Waals surface area (Å²) in [5.74, 6) is 0.0519. The smallest absolute Gasteiger partial charge is 0.253 e. The summed E-state index contributed by atoms with van der Waals surface area (Å²) in [4.78, 5) is 16.0. The Labute approximate surface area is 160 Å². The number of halogens is 2. The molecule has 1 aliphatic rings. The highest BCUT2D eigenvalue weighted by Gasteiger charge is 2.27. The summed E-state index contributed by atoms with van der Waals surface area (Å²) in [6.45, 7) is 1.15. The highest BCUT2D eigenvalue weighted by atomic mass is 35.5. The number of piperidine rings is 1. The quantitative estimate of drug-likeness (QED) is 0.691. The minimum absolute atomic E-state index is 0.0447. The van der Waals surface area contributed by atoms with Crippen LogP contribution in [0.15, 0.2) is 48.5 Å².